The number of hydrogen-bond acceptors (Lipinski definition) is 3. The molecule has 4 rings (SSSR count). The molecule has 1 heterocycles. The maximum atomic E-state index is 13.1. The number of aryl methyl sites for hydroxylation is 1. The van der Waals surface area contributed by atoms with Crippen LogP contribution in [0.15, 0.2) is 59.5 Å². The molecule has 1 N–H and O–H groups in total. The Morgan fingerprint density at radius 1 is 1.09 bits per heavy atom. The topological polar surface area (TPSA) is 57.6 Å². The highest BCUT2D eigenvalue weighted by molar-refractivity contribution is 7.89. The van der Waals surface area contributed by atoms with Crippen LogP contribution in [0.5, 0.6) is 0 Å². The summed E-state index contributed by atoms with van der Waals surface area (Å²) in [6.07, 6.45) is 0.673. The van der Waals surface area contributed by atoms with Gasteiger partial charge < -0.3 is 5.11 Å². The van der Waals surface area contributed by atoms with Gasteiger partial charge in [0.25, 0.3) is 0 Å². The van der Waals surface area contributed by atoms with Crippen LogP contribution in [-0.4, -0.2) is 30.0 Å². The fraction of sp³-hybridized carbons (Fsp3) is 0.333. The Morgan fingerprint density at radius 2 is 1.74 bits per heavy atom. The summed E-state index contributed by atoms with van der Waals surface area (Å²) >= 11 is 0. The van der Waals surface area contributed by atoms with E-state index in [1.807, 2.05) is 37.3 Å². The quantitative estimate of drug-likeness (QED) is 0.941. The Hall–Kier alpha value is -1.69. The lowest BCUT2D eigenvalue weighted by Crippen LogP contribution is -2.37. The number of hydrogen-bond donors (Lipinski definition) is 1. The van der Waals surface area contributed by atoms with Gasteiger partial charge in [0.2, 0.25) is 10.0 Å². The van der Waals surface area contributed by atoms with E-state index in [9.17, 15) is 13.5 Å². The number of nitrogens with zero attached hydrogens (tertiary/aromatic N) is 1. The molecule has 0 amide bonds. The maximum absolute atomic E-state index is 13.1. The van der Waals surface area contributed by atoms with Crippen LogP contribution in [0, 0.1) is 12.8 Å². The first-order chi connectivity index (χ1) is 10.9. The number of sulfonamides is 1. The van der Waals surface area contributed by atoms with Crippen LogP contribution in [0.25, 0.3) is 0 Å². The number of benzene rings is 2. The Balaban J connectivity index is 1.77. The fourth-order valence-corrected chi connectivity index (χ4v) is 5.35. The zero-order chi connectivity index (χ0) is 16.2. The summed E-state index contributed by atoms with van der Waals surface area (Å²) in [5, 5.41) is 10.8. The molecule has 23 heavy (non-hydrogen) atoms. The summed E-state index contributed by atoms with van der Waals surface area (Å²) in [6.45, 7) is 2.31. The molecule has 5 heteroatoms. The Kier molecular flexibility index (Phi) is 3.17. The van der Waals surface area contributed by atoms with E-state index >= 15 is 0 Å². The van der Waals surface area contributed by atoms with E-state index in [1.54, 1.807) is 24.3 Å². The molecule has 0 bridgehead atoms. The van der Waals surface area contributed by atoms with Gasteiger partial charge in [-0.1, -0.05) is 48.0 Å². The van der Waals surface area contributed by atoms with Crippen LogP contribution >= 0.6 is 0 Å². The Bertz CT molecular complexity index is 832. The molecule has 0 spiro atoms. The fourth-order valence-electron chi connectivity index (χ4n) is 3.64. The third-order valence-electron chi connectivity index (χ3n) is 5.02. The number of rotatable bonds is 3. The molecule has 1 aliphatic heterocycles. The lowest BCUT2D eigenvalue weighted by Gasteiger charge is -2.29. The van der Waals surface area contributed by atoms with Gasteiger partial charge in [-0.05, 0) is 31.0 Å². The highest BCUT2D eigenvalue weighted by Crippen LogP contribution is 2.61. The molecule has 120 valence electrons. The van der Waals surface area contributed by atoms with Gasteiger partial charge in [-0.3, -0.25) is 0 Å². The van der Waals surface area contributed by atoms with Crippen LogP contribution in [0.2, 0.25) is 0 Å². The number of aliphatic hydroxyl groups is 1. The van der Waals surface area contributed by atoms with Gasteiger partial charge in [-0.2, -0.15) is 4.31 Å². The van der Waals surface area contributed by atoms with Crippen LogP contribution in [0.4, 0.5) is 0 Å². The summed E-state index contributed by atoms with van der Waals surface area (Å²) in [7, 11) is -3.62. The summed E-state index contributed by atoms with van der Waals surface area (Å²) in [5.41, 5.74) is 0.955. The molecular weight excluding hydrogens is 310 g/mol. The third kappa shape index (κ3) is 2.23. The molecular formula is C18H19NO3S. The number of piperidine rings is 1. The first-order valence-corrected chi connectivity index (χ1v) is 9.23. The Morgan fingerprint density at radius 3 is 2.39 bits per heavy atom. The maximum Gasteiger partial charge on any atom is 0.243 e. The molecule has 2 aromatic rings. The minimum atomic E-state index is -3.62. The van der Waals surface area contributed by atoms with Gasteiger partial charge >= 0.3 is 0 Å². The molecule has 4 nitrogen and oxygen atoms in total. The van der Waals surface area contributed by atoms with E-state index in [0.717, 1.165) is 11.1 Å². The van der Waals surface area contributed by atoms with E-state index in [4.69, 9.17) is 0 Å². The summed E-state index contributed by atoms with van der Waals surface area (Å²) in [4.78, 5) is 0.286. The molecule has 1 saturated heterocycles. The van der Waals surface area contributed by atoms with Crippen LogP contribution < -0.4 is 0 Å². The molecule has 0 aromatic heterocycles. The zero-order valence-electron chi connectivity index (χ0n) is 12.9. The average Bonchev–Trinajstić information content (AvgIpc) is 3.09. The minimum Gasteiger partial charge on any atom is -0.387 e. The van der Waals surface area contributed by atoms with Gasteiger partial charge in [0.1, 0.15) is 0 Å². The highest BCUT2D eigenvalue weighted by Gasteiger charge is 2.68. The van der Waals surface area contributed by atoms with Crippen molar-refractivity contribution in [2.75, 3.05) is 6.54 Å². The lowest BCUT2D eigenvalue weighted by molar-refractivity contribution is 0.0947. The summed E-state index contributed by atoms with van der Waals surface area (Å²) in [6, 6.07) is 15.8. The molecule has 3 atom stereocenters. The number of fused-ring (bicyclic) bond motifs is 1. The zero-order valence-corrected chi connectivity index (χ0v) is 13.7. The molecule has 2 fully saturated rings. The normalized spacial score (nSPS) is 30.2. The SMILES string of the molecule is Cc1ccc(S(=O)(=O)N2CC3CC3(O)[C@@H]2c2ccccc2)cc1. The minimum absolute atomic E-state index is 0.0351. The van der Waals surface area contributed by atoms with Crippen LogP contribution in [0.1, 0.15) is 23.6 Å². The molecule has 0 radical (unpaired) electrons. The van der Waals surface area contributed by atoms with E-state index in [-0.39, 0.29) is 10.8 Å². The van der Waals surface area contributed by atoms with Crippen molar-refractivity contribution in [1.29, 1.82) is 0 Å². The average molecular weight is 329 g/mol. The van der Waals surface area contributed by atoms with Crippen molar-refractivity contribution in [3.8, 4) is 0 Å². The van der Waals surface area contributed by atoms with Crippen LogP contribution in [-0.2, 0) is 10.0 Å². The van der Waals surface area contributed by atoms with Crippen LogP contribution in [0.3, 0.4) is 0 Å². The summed E-state index contributed by atoms with van der Waals surface area (Å²) < 4.78 is 27.6. The molecule has 1 saturated carbocycles. The standard InChI is InChI=1S/C18H19NO3S/c1-13-7-9-16(10-8-13)23(21,22)19-12-15-11-18(15,20)17(19)14-5-3-2-4-6-14/h2-10,15,17,20H,11-12H2,1H3/t15?,17-,18?/m0/s1. The smallest absolute Gasteiger partial charge is 0.243 e. The van der Waals surface area contributed by atoms with E-state index in [0.29, 0.717) is 13.0 Å². The first-order valence-electron chi connectivity index (χ1n) is 7.79. The predicted octanol–water partition coefficient (Wildman–Crippen LogP) is 2.49. The van der Waals surface area contributed by atoms with Crippen molar-refractivity contribution in [3.63, 3.8) is 0 Å². The van der Waals surface area contributed by atoms with Gasteiger partial charge in [-0.25, -0.2) is 8.42 Å². The monoisotopic (exact) mass is 329 g/mol. The van der Waals surface area contributed by atoms with Gasteiger partial charge in [0.05, 0.1) is 16.5 Å². The Labute approximate surface area is 136 Å². The lowest BCUT2D eigenvalue weighted by atomic mass is 10.0. The molecule has 2 aromatic carbocycles. The van der Waals surface area contributed by atoms with E-state index in [2.05, 4.69) is 0 Å². The first kappa shape index (κ1) is 14.9. The van der Waals surface area contributed by atoms with E-state index in [1.165, 1.54) is 4.31 Å². The van der Waals surface area contributed by atoms with Gasteiger partial charge in [0, 0.05) is 12.5 Å². The largest absolute Gasteiger partial charge is 0.387 e. The second-order valence-corrected chi connectivity index (χ2v) is 8.48. The van der Waals surface area contributed by atoms with Crippen molar-refractivity contribution in [3.05, 3.63) is 65.7 Å². The van der Waals surface area contributed by atoms with Crippen molar-refractivity contribution in [1.82, 2.24) is 4.31 Å². The van der Waals surface area contributed by atoms with Crippen molar-refractivity contribution in [2.24, 2.45) is 5.92 Å². The van der Waals surface area contributed by atoms with Gasteiger partial charge in [-0.15, -0.1) is 0 Å². The second-order valence-electron chi connectivity index (χ2n) is 6.59. The third-order valence-corrected chi connectivity index (χ3v) is 6.87. The molecule has 2 aliphatic rings. The second kappa shape index (κ2) is 4.90. The van der Waals surface area contributed by atoms with Crippen molar-refractivity contribution >= 4 is 10.0 Å². The van der Waals surface area contributed by atoms with Gasteiger partial charge in [0.15, 0.2) is 0 Å². The molecule has 2 unspecified atom stereocenters. The highest BCUT2D eigenvalue weighted by atomic mass is 32.2. The summed E-state index contributed by atoms with van der Waals surface area (Å²) in [5.74, 6) is 0.0351. The van der Waals surface area contributed by atoms with Crippen molar-refractivity contribution in [2.45, 2.75) is 29.9 Å². The predicted molar refractivity (Wildman–Crippen MR) is 87.3 cm³/mol. The van der Waals surface area contributed by atoms with E-state index < -0.39 is 21.7 Å². The molecule has 1 aliphatic carbocycles. The van der Waals surface area contributed by atoms with Crippen molar-refractivity contribution < 1.29 is 13.5 Å².